The smallest absolute Gasteiger partial charge is 0.397 e. The second kappa shape index (κ2) is 17.9. The number of nitrogens with one attached hydrogen (secondary N) is 1. The van der Waals surface area contributed by atoms with Gasteiger partial charge in [0.2, 0.25) is 0 Å². The van der Waals surface area contributed by atoms with Gasteiger partial charge in [0.1, 0.15) is 0 Å². The summed E-state index contributed by atoms with van der Waals surface area (Å²) in [6, 6.07) is 0.821. The molecule has 0 aromatic heterocycles. The lowest BCUT2D eigenvalue weighted by Crippen LogP contribution is -2.44. The van der Waals surface area contributed by atoms with Gasteiger partial charge in [-0.3, -0.25) is 0 Å². The highest BCUT2D eigenvalue weighted by Gasteiger charge is 2.39. The molecule has 7 nitrogen and oxygen atoms in total. The summed E-state index contributed by atoms with van der Waals surface area (Å²) < 4.78 is 28.1. The van der Waals surface area contributed by atoms with Crippen LogP contribution in [0, 0.1) is 0 Å². The fourth-order valence-electron chi connectivity index (χ4n) is 3.66. The first-order valence-corrected chi connectivity index (χ1v) is 15.6. The van der Waals surface area contributed by atoms with Crippen LogP contribution in [0.1, 0.15) is 52.9 Å². The molecule has 30 heavy (non-hydrogen) atoms. The molecule has 179 valence electrons. The number of hydrogen-bond acceptors (Lipinski definition) is 7. The molecule has 0 heterocycles. The van der Waals surface area contributed by atoms with Gasteiger partial charge in [-0.15, -0.1) is 0 Å². The third kappa shape index (κ3) is 11.3. The molecule has 0 spiro atoms. The summed E-state index contributed by atoms with van der Waals surface area (Å²) in [6.45, 7) is 11.2. The van der Waals surface area contributed by atoms with Crippen molar-refractivity contribution >= 4 is 27.6 Å². The van der Waals surface area contributed by atoms with Crippen LogP contribution in [0.2, 0.25) is 10.7 Å². The quantitative estimate of drug-likeness (QED) is 0.201. The Morgan fingerprint density at radius 1 is 0.900 bits per heavy atom. The molecule has 0 saturated carbocycles. The van der Waals surface area contributed by atoms with Gasteiger partial charge in [-0.2, -0.15) is 0 Å². The van der Waals surface area contributed by atoms with Gasteiger partial charge in [0.25, 0.3) is 0 Å². The maximum Gasteiger partial charge on any atom is 0.500 e. The van der Waals surface area contributed by atoms with Gasteiger partial charge in [0.15, 0.2) is 0 Å². The molecule has 0 aromatic rings. The zero-order valence-corrected chi connectivity index (χ0v) is 23.8. The molecular formula is C20H47N2O5Si3. The molecule has 0 rings (SSSR count). The molecule has 10 heteroatoms. The number of nitrogens with zero attached hydrogens (tertiary/aromatic N) is 1. The average Bonchev–Trinajstić information content (AvgIpc) is 2.77. The molecule has 1 N–H and O–H groups in total. The summed E-state index contributed by atoms with van der Waals surface area (Å²) in [5.41, 5.74) is 0. The van der Waals surface area contributed by atoms with E-state index in [1.807, 2.05) is 0 Å². The monoisotopic (exact) mass is 479 g/mol. The first-order valence-electron chi connectivity index (χ1n) is 11.2. The lowest BCUT2D eigenvalue weighted by atomic mass is 10.1. The number of rotatable bonds is 21. The van der Waals surface area contributed by atoms with Crippen molar-refractivity contribution in [3.63, 3.8) is 0 Å². The topological polar surface area (TPSA) is 61.4 Å². The lowest BCUT2D eigenvalue weighted by molar-refractivity contribution is 0.123. The summed E-state index contributed by atoms with van der Waals surface area (Å²) in [7, 11) is 5.60. The van der Waals surface area contributed by atoms with E-state index in [2.05, 4.69) is 31.0 Å². The van der Waals surface area contributed by atoms with Crippen LogP contribution in [0.15, 0.2) is 0 Å². The van der Waals surface area contributed by atoms with Gasteiger partial charge in [0, 0.05) is 46.3 Å². The highest BCUT2D eigenvalue weighted by atomic mass is 28.4. The standard InChI is InChI=1S/C20H47N2O5Si3/c1-9-22(10-2)17-13-11-12-15-20(3,29(23-4)24-5)28-19-21-16-14-18-30(25-6,26-7)27-8/h21H,9-19H2,1-8H3. The van der Waals surface area contributed by atoms with Crippen molar-refractivity contribution in [1.29, 1.82) is 0 Å². The fourth-order valence-corrected chi connectivity index (χ4v) is 9.33. The Labute approximate surface area is 191 Å². The van der Waals surface area contributed by atoms with E-state index >= 15 is 0 Å². The second-order valence-corrected chi connectivity index (χ2v) is 15.5. The molecule has 3 radical (unpaired) electrons. The van der Waals surface area contributed by atoms with E-state index in [4.69, 9.17) is 22.1 Å². The summed E-state index contributed by atoms with van der Waals surface area (Å²) in [4.78, 5) is 2.50. The Balaban J connectivity index is 4.38. The van der Waals surface area contributed by atoms with Crippen molar-refractivity contribution < 1.29 is 22.1 Å². The summed E-state index contributed by atoms with van der Waals surface area (Å²) in [6.07, 6.45) is 6.89. The molecule has 0 aromatic carbocycles. The van der Waals surface area contributed by atoms with E-state index < -0.39 is 18.1 Å². The van der Waals surface area contributed by atoms with Gasteiger partial charge in [0.05, 0.1) is 9.52 Å². The van der Waals surface area contributed by atoms with E-state index in [9.17, 15) is 0 Å². The molecule has 0 fully saturated rings. The average molecular weight is 480 g/mol. The summed E-state index contributed by atoms with van der Waals surface area (Å²) in [5, 5.41) is 3.59. The van der Waals surface area contributed by atoms with Crippen molar-refractivity contribution in [2.75, 3.05) is 67.9 Å². The fraction of sp³-hybridized carbons (Fsp3) is 1.00. The van der Waals surface area contributed by atoms with Crippen LogP contribution in [0.4, 0.5) is 0 Å². The second-order valence-electron chi connectivity index (χ2n) is 7.62. The summed E-state index contributed by atoms with van der Waals surface area (Å²) in [5.74, 6) is 0. The molecule has 0 amide bonds. The van der Waals surface area contributed by atoms with Gasteiger partial charge >= 0.3 is 18.1 Å². The number of hydrogen-bond donors (Lipinski definition) is 1. The maximum atomic E-state index is 5.77. The Kier molecular flexibility index (Phi) is 18.1. The summed E-state index contributed by atoms with van der Waals surface area (Å²) >= 11 is 0. The van der Waals surface area contributed by atoms with Crippen molar-refractivity contribution in [2.45, 2.75) is 63.6 Å². The molecule has 0 bridgehead atoms. The van der Waals surface area contributed by atoms with Crippen molar-refractivity contribution in [1.82, 2.24) is 10.2 Å². The van der Waals surface area contributed by atoms with Crippen molar-refractivity contribution in [3.05, 3.63) is 0 Å². The van der Waals surface area contributed by atoms with Gasteiger partial charge in [-0.05, 0) is 51.6 Å². The Morgan fingerprint density at radius 2 is 1.50 bits per heavy atom. The number of unbranched alkanes of at least 4 members (excludes halogenated alkanes) is 2. The Bertz CT molecular complexity index is 392. The zero-order valence-electron chi connectivity index (χ0n) is 20.8. The molecule has 0 aliphatic carbocycles. The first kappa shape index (κ1) is 30.4. The molecular weight excluding hydrogens is 432 g/mol. The maximum absolute atomic E-state index is 5.77. The highest BCUT2D eigenvalue weighted by Crippen LogP contribution is 2.35. The van der Waals surface area contributed by atoms with Crippen LogP contribution in [0.5, 0.6) is 0 Å². The van der Waals surface area contributed by atoms with E-state index in [-0.39, 0.29) is 4.66 Å². The van der Waals surface area contributed by atoms with Crippen LogP contribution >= 0.6 is 0 Å². The van der Waals surface area contributed by atoms with E-state index in [1.54, 1.807) is 35.5 Å². The molecule has 1 unspecified atom stereocenters. The lowest BCUT2D eigenvalue weighted by Gasteiger charge is -2.32. The molecule has 0 aliphatic rings. The van der Waals surface area contributed by atoms with Crippen molar-refractivity contribution in [3.8, 4) is 0 Å². The van der Waals surface area contributed by atoms with Crippen LogP contribution in [0.3, 0.4) is 0 Å². The van der Waals surface area contributed by atoms with Crippen LogP contribution in [-0.2, 0) is 22.1 Å². The van der Waals surface area contributed by atoms with Gasteiger partial charge < -0.3 is 32.3 Å². The van der Waals surface area contributed by atoms with Gasteiger partial charge in [-0.25, -0.2) is 0 Å². The van der Waals surface area contributed by atoms with Crippen molar-refractivity contribution in [2.24, 2.45) is 0 Å². The van der Waals surface area contributed by atoms with E-state index in [1.165, 1.54) is 25.8 Å². The predicted octanol–water partition coefficient (Wildman–Crippen LogP) is 2.91. The minimum Gasteiger partial charge on any atom is -0.397 e. The van der Waals surface area contributed by atoms with E-state index in [0.29, 0.717) is 0 Å². The third-order valence-electron chi connectivity index (χ3n) is 5.74. The zero-order chi connectivity index (χ0) is 22.9. The molecule has 0 aliphatic heterocycles. The molecule has 1 atom stereocenters. The SMILES string of the molecule is CCN(CC)CCCCCC(C)([Si]CNCCC[Si](OC)(OC)OC)[Si](OC)OC. The Morgan fingerprint density at radius 3 is 2.00 bits per heavy atom. The minimum absolute atomic E-state index is 0.125. The third-order valence-corrected chi connectivity index (χ3v) is 13.1. The Hall–Kier alpha value is 0.371. The minimum atomic E-state index is -2.46. The normalized spacial score (nSPS) is 14.6. The molecule has 0 saturated heterocycles. The largest absolute Gasteiger partial charge is 0.500 e. The predicted molar refractivity (Wildman–Crippen MR) is 129 cm³/mol. The van der Waals surface area contributed by atoms with E-state index in [0.717, 1.165) is 54.2 Å². The highest BCUT2D eigenvalue weighted by molar-refractivity contribution is 6.66. The van der Waals surface area contributed by atoms with Crippen LogP contribution in [0.25, 0.3) is 0 Å². The van der Waals surface area contributed by atoms with Gasteiger partial charge in [-0.1, -0.05) is 33.6 Å². The van der Waals surface area contributed by atoms with Crippen LogP contribution < -0.4 is 5.32 Å². The van der Waals surface area contributed by atoms with Crippen LogP contribution in [-0.4, -0.2) is 100 Å². The first-order chi connectivity index (χ1) is 14.4.